The fourth-order valence-electron chi connectivity index (χ4n) is 1.57. The second-order valence-corrected chi connectivity index (χ2v) is 3.41. The van der Waals surface area contributed by atoms with Gasteiger partial charge in [0.15, 0.2) is 0 Å². The van der Waals surface area contributed by atoms with Crippen molar-refractivity contribution in [2.24, 2.45) is 0 Å². The standard InChI is InChI=1S/C10H14N2.2ClH/c1-12(2)9-3-4-10-8(7-9)5-6-11-10;;/h3-4,7,11H,5-6H2,1-2H3;2*1H. The molecule has 0 aliphatic carbocycles. The third-order valence-electron chi connectivity index (χ3n) is 2.32. The van der Waals surface area contributed by atoms with E-state index in [9.17, 15) is 0 Å². The lowest BCUT2D eigenvalue weighted by molar-refractivity contribution is 1.09. The van der Waals surface area contributed by atoms with Gasteiger partial charge in [-0.2, -0.15) is 0 Å². The highest BCUT2D eigenvalue weighted by Crippen LogP contribution is 2.26. The summed E-state index contributed by atoms with van der Waals surface area (Å²) in [4.78, 5) is 2.14. The first-order valence-corrected chi connectivity index (χ1v) is 4.31. The highest BCUT2D eigenvalue weighted by Gasteiger charge is 2.09. The largest absolute Gasteiger partial charge is 0.384 e. The van der Waals surface area contributed by atoms with Gasteiger partial charge in [-0.1, -0.05) is 0 Å². The van der Waals surface area contributed by atoms with Gasteiger partial charge in [-0.3, -0.25) is 0 Å². The zero-order chi connectivity index (χ0) is 8.55. The first kappa shape index (κ1) is 13.4. The van der Waals surface area contributed by atoms with Gasteiger partial charge in [0, 0.05) is 32.0 Å². The Balaban J connectivity index is 0.000000845. The maximum atomic E-state index is 3.35. The third-order valence-corrected chi connectivity index (χ3v) is 2.32. The van der Waals surface area contributed by atoms with E-state index in [0.717, 1.165) is 13.0 Å². The van der Waals surface area contributed by atoms with Crippen LogP contribution < -0.4 is 10.2 Å². The maximum absolute atomic E-state index is 3.35. The molecule has 1 N–H and O–H groups in total. The number of anilines is 2. The van der Waals surface area contributed by atoms with Gasteiger partial charge in [-0.15, -0.1) is 24.8 Å². The van der Waals surface area contributed by atoms with Crippen molar-refractivity contribution in [2.45, 2.75) is 6.42 Å². The van der Waals surface area contributed by atoms with Gasteiger partial charge < -0.3 is 10.2 Å². The summed E-state index contributed by atoms with van der Waals surface area (Å²) in [5.74, 6) is 0. The maximum Gasteiger partial charge on any atom is 0.0375 e. The molecule has 14 heavy (non-hydrogen) atoms. The van der Waals surface area contributed by atoms with Crippen molar-refractivity contribution >= 4 is 36.2 Å². The topological polar surface area (TPSA) is 15.3 Å². The van der Waals surface area contributed by atoms with E-state index in [1.165, 1.54) is 16.9 Å². The van der Waals surface area contributed by atoms with Crippen LogP contribution in [0, 0.1) is 0 Å². The number of hydrogen-bond donors (Lipinski definition) is 1. The molecule has 2 rings (SSSR count). The van der Waals surface area contributed by atoms with Gasteiger partial charge in [0.1, 0.15) is 0 Å². The summed E-state index contributed by atoms with van der Waals surface area (Å²) in [6.07, 6.45) is 1.16. The molecule has 0 unspecified atom stereocenters. The van der Waals surface area contributed by atoms with Crippen LogP contribution in [0.4, 0.5) is 11.4 Å². The van der Waals surface area contributed by atoms with Crippen molar-refractivity contribution in [3.63, 3.8) is 0 Å². The van der Waals surface area contributed by atoms with Crippen molar-refractivity contribution in [1.29, 1.82) is 0 Å². The van der Waals surface area contributed by atoms with E-state index < -0.39 is 0 Å². The minimum absolute atomic E-state index is 0. The van der Waals surface area contributed by atoms with E-state index in [4.69, 9.17) is 0 Å². The molecule has 1 heterocycles. The van der Waals surface area contributed by atoms with Crippen molar-refractivity contribution < 1.29 is 0 Å². The minimum atomic E-state index is 0. The molecule has 1 aliphatic heterocycles. The van der Waals surface area contributed by atoms with E-state index in [1.807, 2.05) is 0 Å². The molecular weight excluding hydrogens is 219 g/mol. The summed E-state index contributed by atoms with van der Waals surface area (Å²) in [6, 6.07) is 6.57. The van der Waals surface area contributed by atoms with Gasteiger partial charge in [0.25, 0.3) is 0 Å². The molecule has 4 heteroatoms. The van der Waals surface area contributed by atoms with Crippen LogP contribution in [0.15, 0.2) is 18.2 Å². The molecular formula is C10H16Cl2N2. The lowest BCUT2D eigenvalue weighted by Crippen LogP contribution is -2.08. The molecule has 0 saturated heterocycles. The molecule has 2 nitrogen and oxygen atoms in total. The lowest BCUT2D eigenvalue weighted by Gasteiger charge is -2.13. The molecule has 1 aromatic rings. The number of halogens is 2. The van der Waals surface area contributed by atoms with Crippen LogP contribution in [0.2, 0.25) is 0 Å². The van der Waals surface area contributed by atoms with Crippen LogP contribution in [0.3, 0.4) is 0 Å². The number of rotatable bonds is 1. The molecule has 0 saturated carbocycles. The molecule has 0 atom stereocenters. The Morgan fingerprint density at radius 3 is 2.57 bits per heavy atom. The van der Waals surface area contributed by atoms with Crippen molar-refractivity contribution in [1.82, 2.24) is 0 Å². The Kier molecular flexibility index (Phi) is 5.09. The Labute approximate surface area is 97.5 Å². The molecule has 0 bridgehead atoms. The summed E-state index contributed by atoms with van der Waals surface area (Å²) in [5.41, 5.74) is 4.04. The van der Waals surface area contributed by atoms with Gasteiger partial charge in [0.05, 0.1) is 0 Å². The molecule has 0 amide bonds. The van der Waals surface area contributed by atoms with Gasteiger partial charge in [-0.05, 0) is 30.2 Å². The summed E-state index contributed by atoms with van der Waals surface area (Å²) >= 11 is 0. The van der Waals surface area contributed by atoms with E-state index in [1.54, 1.807) is 0 Å². The van der Waals surface area contributed by atoms with Crippen molar-refractivity contribution in [2.75, 3.05) is 30.9 Å². The number of hydrogen-bond acceptors (Lipinski definition) is 2. The van der Waals surface area contributed by atoms with Gasteiger partial charge >= 0.3 is 0 Å². The minimum Gasteiger partial charge on any atom is -0.384 e. The molecule has 1 aliphatic rings. The zero-order valence-electron chi connectivity index (χ0n) is 8.41. The van der Waals surface area contributed by atoms with Gasteiger partial charge in [0.2, 0.25) is 0 Å². The Hall–Kier alpha value is -0.600. The number of nitrogens with zero attached hydrogens (tertiary/aromatic N) is 1. The quantitative estimate of drug-likeness (QED) is 0.804. The number of benzene rings is 1. The normalized spacial score (nSPS) is 11.9. The van der Waals surface area contributed by atoms with E-state index in [0.29, 0.717) is 0 Å². The van der Waals surface area contributed by atoms with E-state index >= 15 is 0 Å². The second kappa shape index (κ2) is 5.32. The fraction of sp³-hybridized carbons (Fsp3) is 0.400. The van der Waals surface area contributed by atoms with Crippen LogP contribution >= 0.6 is 24.8 Å². The van der Waals surface area contributed by atoms with Crippen LogP contribution in [-0.4, -0.2) is 20.6 Å². The molecule has 1 aromatic carbocycles. The smallest absolute Gasteiger partial charge is 0.0375 e. The highest BCUT2D eigenvalue weighted by atomic mass is 35.5. The summed E-state index contributed by atoms with van der Waals surface area (Å²) in [7, 11) is 4.15. The molecule has 0 radical (unpaired) electrons. The second-order valence-electron chi connectivity index (χ2n) is 3.41. The monoisotopic (exact) mass is 234 g/mol. The fourth-order valence-corrected chi connectivity index (χ4v) is 1.57. The first-order chi connectivity index (χ1) is 5.77. The first-order valence-electron chi connectivity index (χ1n) is 4.31. The van der Waals surface area contributed by atoms with Crippen LogP contribution in [-0.2, 0) is 6.42 Å². The Morgan fingerprint density at radius 2 is 1.93 bits per heavy atom. The lowest BCUT2D eigenvalue weighted by atomic mass is 10.1. The third kappa shape index (κ3) is 2.46. The summed E-state index contributed by atoms with van der Waals surface area (Å²) < 4.78 is 0. The van der Waals surface area contributed by atoms with Crippen LogP contribution in [0.25, 0.3) is 0 Å². The van der Waals surface area contributed by atoms with E-state index in [2.05, 4.69) is 42.5 Å². The highest BCUT2D eigenvalue weighted by molar-refractivity contribution is 5.85. The predicted octanol–water partition coefficient (Wildman–Crippen LogP) is 2.56. The van der Waals surface area contributed by atoms with Crippen molar-refractivity contribution in [3.8, 4) is 0 Å². The van der Waals surface area contributed by atoms with Crippen molar-refractivity contribution in [3.05, 3.63) is 23.8 Å². The summed E-state index contributed by atoms with van der Waals surface area (Å²) in [6.45, 7) is 1.09. The number of fused-ring (bicyclic) bond motifs is 1. The zero-order valence-corrected chi connectivity index (χ0v) is 10.0. The predicted molar refractivity (Wildman–Crippen MR) is 67.5 cm³/mol. The molecule has 0 aromatic heterocycles. The Morgan fingerprint density at radius 1 is 1.21 bits per heavy atom. The molecule has 0 fully saturated rings. The van der Waals surface area contributed by atoms with E-state index in [-0.39, 0.29) is 24.8 Å². The SMILES string of the molecule is CN(C)c1ccc2c(c1)CCN2.Cl.Cl. The summed E-state index contributed by atoms with van der Waals surface area (Å²) in [5, 5.41) is 3.35. The van der Waals surface area contributed by atoms with Crippen LogP contribution in [0.5, 0.6) is 0 Å². The van der Waals surface area contributed by atoms with Gasteiger partial charge in [-0.25, -0.2) is 0 Å². The Bertz CT molecular complexity index is 300. The van der Waals surface area contributed by atoms with Crippen LogP contribution in [0.1, 0.15) is 5.56 Å². The molecule has 80 valence electrons. The average molecular weight is 235 g/mol. The average Bonchev–Trinajstić information content (AvgIpc) is 2.49. The number of nitrogens with one attached hydrogen (secondary N) is 1. The molecule has 0 spiro atoms.